The van der Waals surface area contributed by atoms with Crippen LogP contribution in [0.4, 0.5) is 0 Å². The Morgan fingerprint density at radius 2 is 2.15 bits per heavy atom. The number of benzene rings is 1. The fourth-order valence-electron chi connectivity index (χ4n) is 5.10. The highest BCUT2D eigenvalue weighted by atomic mass is 32.2. The van der Waals surface area contributed by atoms with Gasteiger partial charge in [0.15, 0.2) is 0 Å². The lowest BCUT2D eigenvalue weighted by Gasteiger charge is -2.36. The highest BCUT2D eigenvalue weighted by Crippen LogP contribution is 2.44. The monoisotopic (exact) mass is 473 g/mol. The number of carbonyl (C=O) groups is 2. The van der Waals surface area contributed by atoms with Crippen molar-refractivity contribution in [2.24, 2.45) is 0 Å². The second kappa shape index (κ2) is 9.02. The lowest BCUT2D eigenvalue weighted by molar-refractivity contribution is -0.136. The minimum absolute atomic E-state index is 0.245. The fourth-order valence-corrected chi connectivity index (χ4v) is 5.84. The molecule has 1 saturated heterocycles. The molecule has 3 heterocycles. The van der Waals surface area contributed by atoms with Crippen LogP contribution in [0.3, 0.4) is 0 Å². The summed E-state index contributed by atoms with van der Waals surface area (Å²) in [4.78, 5) is 31.5. The Hall–Kier alpha value is -2.52. The Morgan fingerprint density at radius 3 is 2.85 bits per heavy atom. The number of nitrogens with zero attached hydrogens (tertiary/aromatic N) is 2. The van der Waals surface area contributed by atoms with Crippen molar-refractivity contribution in [2.75, 3.05) is 12.8 Å². The summed E-state index contributed by atoms with van der Waals surface area (Å²) in [5, 5.41) is 1.06. The molecule has 1 aromatic heterocycles. The van der Waals surface area contributed by atoms with Gasteiger partial charge in [-0.3, -0.25) is 4.79 Å². The number of sulfonamides is 1. The number of likely N-dealkylation sites (tertiary alicyclic amines) is 1. The Kier molecular flexibility index (Phi) is 6.46. The summed E-state index contributed by atoms with van der Waals surface area (Å²) in [7, 11) is -3.58. The molecule has 2 aliphatic heterocycles. The van der Waals surface area contributed by atoms with Crippen LogP contribution in [0.1, 0.15) is 50.3 Å². The number of para-hydroxylation sites is 1. The van der Waals surface area contributed by atoms with Crippen LogP contribution < -0.4 is 9.46 Å². The third kappa shape index (κ3) is 4.75. The van der Waals surface area contributed by atoms with Crippen molar-refractivity contribution in [1.29, 1.82) is 0 Å². The number of aldehydes is 1. The Morgan fingerprint density at radius 1 is 1.39 bits per heavy atom. The average molecular weight is 474 g/mol. The van der Waals surface area contributed by atoms with Crippen LogP contribution in [0.25, 0.3) is 10.9 Å². The smallest absolute Gasteiger partial charge is 0.241 e. The van der Waals surface area contributed by atoms with E-state index in [0.717, 1.165) is 53.3 Å². The van der Waals surface area contributed by atoms with Gasteiger partial charge in [-0.25, -0.2) is 18.1 Å². The van der Waals surface area contributed by atoms with Crippen LogP contribution in [0, 0.1) is 6.92 Å². The summed E-state index contributed by atoms with van der Waals surface area (Å²) in [5.74, 6) is 0.362. The van der Waals surface area contributed by atoms with Crippen molar-refractivity contribution in [3.63, 3.8) is 0 Å². The van der Waals surface area contributed by atoms with E-state index in [-0.39, 0.29) is 12.5 Å². The first-order valence-corrected chi connectivity index (χ1v) is 13.4. The topological polar surface area (TPSA) is 106 Å². The zero-order chi connectivity index (χ0) is 23.8. The number of aromatic nitrogens is 1. The van der Waals surface area contributed by atoms with Gasteiger partial charge in [0.05, 0.1) is 30.1 Å². The molecule has 178 valence electrons. The van der Waals surface area contributed by atoms with Gasteiger partial charge in [-0.1, -0.05) is 38.0 Å². The summed E-state index contributed by atoms with van der Waals surface area (Å²) < 4.78 is 32.7. The quantitative estimate of drug-likeness (QED) is 0.620. The number of nitrogens with one attached hydrogen (secondary N) is 1. The van der Waals surface area contributed by atoms with Crippen LogP contribution in [-0.2, 0) is 26.0 Å². The summed E-state index contributed by atoms with van der Waals surface area (Å²) in [6.07, 6.45) is 5.54. The van der Waals surface area contributed by atoms with E-state index in [1.54, 1.807) is 0 Å². The number of hydrogen-bond acceptors (Lipinski definition) is 6. The number of amides is 1. The molecular weight excluding hydrogens is 442 g/mol. The lowest BCUT2D eigenvalue weighted by atomic mass is 9.87. The molecule has 1 fully saturated rings. The molecule has 0 aliphatic carbocycles. The molecule has 3 unspecified atom stereocenters. The van der Waals surface area contributed by atoms with Gasteiger partial charge in [-0.15, -0.1) is 0 Å². The third-order valence-corrected chi connectivity index (χ3v) is 7.36. The molecule has 1 aromatic carbocycles. The van der Waals surface area contributed by atoms with Gasteiger partial charge < -0.3 is 14.4 Å². The second-order valence-electron chi connectivity index (χ2n) is 9.27. The van der Waals surface area contributed by atoms with Crippen molar-refractivity contribution in [3.8, 4) is 5.75 Å². The van der Waals surface area contributed by atoms with E-state index >= 15 is 0 Å². The Labute approximate surface area is 194 Å². The van der Waals surface area contributed by atoms with Gasteiger partial charge in [-0.05, 0) is 32.3 Å². The number of ether oxygens (including phenoxy) is 1. The molecule has 9 heteroatoms. The van der Waals surface area contributed by atoms with Gasteiger partial charge in [0.1, 0.15) is 23.7 Å². The van der Waals surface area contributed by atoms with Gasteiger partial charge in [0, 0.05) is 17.4 Å². The van der Waals surface area contributed by atoms with Crippen molar-refractivity contribution in [1.82, 2.24) is 14.6 Å². The number of unbranched alkanes of at least 4 members (excludes halogenated alkanes) is 1. The zero-order valence-electron chi connectivity index (χ0n) is 19.3. The van der Waals surface area contributed by atoms with Crippen molar-refractivity contribution in [2.45, 2.75) is 70.1 Å². The maximum atomic E-state index is 13.4. The molecule has 1 N–H and O–H groups in total. The number of aryl methyl sites for hydroxylation is 2. The first kappa shape index (κ1) is 23.6. The molecule has 3 atom stereocenters. The first-order chi connectivity index (χ1) is 15.7. The molecule has 2 aromatic rings. The predicted molar refractivity (Wildman–Crippen MR) is 126 cm³/mol. The molecule has 8 nitrogen and oxygen atoms in total. The zero-order valence-corrected chi connectivity index (χ0v) is 20.2. The molecule has 2 aliphatic rings. The molecule has 4 rings (SSSR count). The summed E-state index contributed by atoms with van der Waals surface area (Å²) in [6.45, 7) is 4.14. The minimum atomic E-state index is -3.58. The average Bonchev–Trinajstić information content (AvgIpc) is 3.13. The predicted octanol–water partition coefficient (Wildman–Crippen LogP) is 2.51. The highest BCUT2D eigenvalue weighted by Gasteiger charge is 2.50. The SMILES string of the molecule is CCCCC(NS(C)(=O)=O)C(=O)N1CC2(CCc3c(c(C)nc4ccccc34)O2)CC1C=O. The van der Waals surface area contributed by atoms with Gasteiger partial charge in [0.2, 0.25) is 15.9 Å². The second-order valence-corrected chi connectivity index (χ2v) is 11.0. The number of carbonyl (C=O) groups excluding carboxylic acids is 2. The molecule has 0 bridgehead atoms. The van der Waals surface area contributed by atoms with E-state index in [1.165, 1.54) is 4.90 Å². The molecule has 0 saturated carbocycles. The largest absolute Gasteiger partial charge is 0.483 e. The minimum Gasteiger partial charge on any atom is -0.483 e. The van der Waals surface area contributed by atoms with E-state index in [9.17, 15) is 18.0 Å². The molecule has 1 spiro atoms. The van der Waals surface area contributed by atoms with Crippen molar-refractivity contribution in [3.05, 3.63) is 35.5 Å². The van der Waals surface area contributed by atoms with E-state index in [2.05, 4.69) is 9.71 Å². The third-order valence-electron chi connectivity index (χ3n) is 6.65. The highest BCUT2D eigenvalue weighted by molar-refractivity contribution is 7.88. The number of pyridine rings is 1. The summed E-state index contributed by atoms with van der Waals surface area (Å²) in [6, 6.07) is 6.42. The van der Waals surface area contributed by atoms with E-state index < -0.39 is 27.7 Å². The first-order valence-electron chi connectivity index (χ1n) is 11.5. The molecular formula is C24H31N3O5S. The van der Waals surface area contributed by atoms with Gasteiger partial charge in [0.25, 0.3) is 0 Å². The molecule has 0 radical (unpaired) electrons. The Balaban J connectivity index is 1.62. The molecule has 1 amide bonds. The summed E-state index contributed by atoms with van der Waals surface area (Å²) in [5.41, 5.74) is 2.13. The summed E-state index contributed by atoms with van der Waals surface area (Å²) >= 11 is 0. The van der Waals surface area contributed by atoms with Crippen molar-refractivity contribution >= 4 is 33.1 Å². The molecule has 33 heavy (non-hydrogen) atoms. The van der Waals surface area contributed by atoms with Crippen LogP contribution in [0.5, 0.6) is 5.75 Å². The van der Waals surface area contributed by atoms with E-state index in [1.807, 2.05) is 38.1 Å². The maximum absolute atomic E-state index is 13.4. The Bertz CT molecular complexity index is 1180. The standard InChI is InChI=1S/C24H31N3O5S/c1-4-5-9-21(26-33(3,30)31)23(29)27-15-24(13-17(27)14-28)12-11-19-18-8-6-7-10-20(18)25-16(2)22(19)32-24/h6-8,10,14,17,21,26H,4-5,9,11-13,15H2,1-3H3. The normalized spacial score (nSPS) is 23.4. The fraction of sp³-hybridized carbons (Fsp3) is 0.542. The van der Waals surface area contributed by atoms with Crippen LogP contribution in [0.15, 0.2) is 24.3 Å². The lowest BCUT2D eigenvalue weighted by Crippen LogP contribution is -2.51. The number of fused-ring (bicyclic) bond motifs is 3. The van der Waals surface area contributed by atoms with E-state index in [0.29, 0.717) is 25.7 Å². The maximum Gasteiger partial charge on any atom is 0.241 e. The number of rotatable bonds is 7. The van der Waals surface area contributed by atoms with Crippen LogP contribution >= 0.6 is 0 Å². The van der Waals surface area contributed by atoms with Crippen LogP contribution in [-0.4, -0.2) is 61.0 Å². The van der Waals surface area contributed by atoms with Crippen molar-refractivity contribution < 1.29 is 22.7 Å². The van der Waals surface area contributed by atoms with Crippen LogP contribution in [0.2, 0.25) is 0 Å². The number of hydrogen-bond donors (Lipinski definition) is 1. The van der Waals surface area contributed by atoms with Gasteiger partial charge in [-0.2, -0.15) is 0 Å². The van der Waals surface area contributed by atoms with E-state index in [4.69, 9.17) is 4.74 Å². The van der Waals surface area contributed by atoms with Gasteiger partial charge >= 0.3 is 0 Å².